The van der Waals surface area contributed by atoms with Crippen LogP contribution in [-0.2, 0) is 6.42 Å². The van der Waals surface area contributed by atoms with Crippen molar-refractivity contribution in [1.29, 1.82) is 0 Å². The molecule has 1 aliphatic carbocycles. The van der Waals surface area contributed by atoms with Crippen LogP contribution < -0.4 is 5.63 Å². The van der Waals surface area contributed by atoms with Crippen LogP contribution in [0.4, 0.5) is 0 Å². The van der Waals surface area contributed by atoms with E-state index < -0.39 is 5.63 Å². The van der Waals surface area contributed by atoms with Crippen molar-refractivity contribution < 1.29 is 9.52 Å². The van der Waals surface area contributed by atoms with Gasteiger partial charge in [-0.2, -0.15) is 0 Å². The van der Waals surface area contributed by atoms with Crippen LogP contribution in [0.2, 0.25) is 0 Å². The molecule has 0 atom stereocenters. The van der Waals surface area contributed by atoms with E-state index in [9.17, 15) is 4.79 Å². The molecule has 0 spiro atoms. The van der Waals surface area contributed by atoms with Gasteiger partial charge in [-0.05, 0) is 12.5 Å². The molecule has 1 heterocycles. The van der Waals surface area contributed by atoms with Crippen LogP contribution in [0.15, 0.2) is 21.4 Å². The number of aromatic hydroxyl groups is 1. The highest BCUT2D eigenvalue weighted by Gasteiger charge is 2.10. The Hall–Kier alpha value is -1.51. The molecule has 0 amide bonds. The van der Waals surface area contributed by atoms with Gasteiger partial charge in [-0.25, -0.2) is 4.79 Å². The summed E-state index contributed by atoms with van der Waals surface area (Å²) in [5.74, 6) is 0.348. The summed E-state index contributed by atoms with van der Waals surface area (Å²) < 4.78 is 4.87. The molecule has 0 saturated heterocycles. The fourth-order valence-corrected chi connectivity index (χ4v) is 1.27. The summed E-state index contributed by atoms with van der Waals surface area (Å²) >= 11 is 0. The Morgan fingerprint density at radius 1 is 1.50 bits per heavy atom. The molecule has 0 saturated carbocycles. The molecule has 62 valence electrons. The first-order chi connectivity index (χ1) is 5.77. The molecule has 1 aliphatic rings. The lowest BCUT2D eigenvalue weighted by molar-refractivity contribution is 0.391. The molecule has 0 bridgehead atoms. The predicted molar refractivity (Wildman–Crippen MR) is 44.0 cm³/mol. The zero-order chi connectivity index (χ0) is 8.55. The molecule has 2 rings (SSSR count). The van der Waals surface area contributed by atoms with Gasteiger partial charge in [-0.3, -0.25) is 0 Å². The SMILES string of the molecule is O=c1oc2c(cc1O)C=CCC2. The molecular formula is C9H8O3. The molecule has 1 aromatic rings. The molecule has 0 aliphatic heterocycles. The summed E-state index contributed by atoms with van der Waals surface area (Å²) in [5, 5.41) is 9.04. The Bertz CT molecular complexity index is 387. The largest absolute Gasteiger partial charge is 0.502 e. The highest BCUT2D eigenvalue weighted by molar-refractivity contribution is 5.54. The van der Waals surface area contributed by atoms with Crippen molar-refractivity contribution >= 4 is 6.08 Å². The average molecular weight is 164 g/mol. The molecule has 0 unspecified atom stereocenters. The summed E-state index contributed by atoms with van der Waals surface area (Å²) in [5.41, 5.74) is 0.155. The fourth-order valence-electron chi connectivity index (χ4n) is 1.27. The molecule has 0 fully saturated rings. The van der Waals surface area contributed by atoms with Crippen molar-refractivity contribution in [2.45, 2.75) is 12.8 Å². The second-order valence-electron chi connectivity index (χ2n) is 2.74. The van der Waals surface area contributed by atoms with Gasteiger partial charge in [0.05, 0.1) is 0 Å². The third kappa shape index (κ3) is 1.03. The molecule has 1 aromatic heterocycles. The van der Waals surface area contributed by atoms with Gasteiger partial charge in [0.25, 0.3) is 0 Å². The van der Waals surface area contributed by atoms with Crippen LogP contribution in [0.5, 0.6) is 5.75 Å². The van der Waals surface area contributed by atoms with Crippen LogP contribution in [0.1, 0.15) is 17.7 Å². The van der Waals surface area contributed by atoms with Gasteiger partial charge in [0.2, 0.25) is 5.75 Å². The van der Waals surface area contributed by atoms with Crippen molar-refractivity contribution in [2.24, 2.45) is 0 Å². The van der Waals surface area contributed by atoms with Gasteiger partial charge in [0.1, 0.15) is 5.76 Å². The first-order valence-electron chi connectivity index (χ1n) is 3.80. The Balaban J connectivity index is 2.66. The summed E-state index contributed by atoms with van der Waals surface area (Å²) in [7, 11) is 0. The molecular weight excluding hydrogens is 156 g/mol. The Morgan fingerprint density at radius 2 is 2.33 bits per heavy atom. The second-order valence-corrected chi connectivity index (χ2v) is 2.74. The Morgan fingerprint density at radius 3 is 3.17 bits per heavy atom. The van der Waals surface area contributed by atoms with Crippen molar-refractivity contribution in [3.8, 4) is 5.75 Å². The van der Waals surface area contributed by atoms with E-state index in [1.807, 2.05) is 12.2 Å². The van der Waals surface area contributed by atoms with Crippen molar-refractivity contribution in [2.75, 3.05) is 0 Å². The van der Waals surface area contributed by atoms with Crippen LogP contribution in [-0.4, -0.2) is 5.11 Å². The predicted octanol–water partition coefficient (Wildman–Crippen LogP) is 1.30. The maximum atomic E-state index is 10.9. The van der Waals surface area contributed by atoms with E-state index in [0.717, 1.165) is 18.4 Å². The average Bonchev–Trinajstić information content (AvgIpc) is 2.07. The minimum absolute atomic E-state index is 0.319. The lowest BCUT2D eigenvalue weighted by Crippen LogP contribution is -2.04. The number of fused-ring (bicyclic) bond motifs is 1. The lowest BCUT2D eigenvalue weighted by Gasteiger charge is -2.07. The number of allylic oxidation sites excluding steroid dienone is 1. The van der Waals surface area contributed by atoms with E-state index in [4.69, 9.17) is 9.52 Å². The quantitative estimate of drug-likeness (QED) is 0.628. The smallest absolute Gasteiger partial charge is 0.378 e. The van der Waals surface area contributed by atoms with Crippen LogP contribution in [0.3, 0.4) is 0 Å². The lowest BCUT2D eigenvalue weighted by atomic mass is 10.0. The molecule has 12 heavy (non-hydrogen) atoms. The summed E-state index contributed by atoms with van der Waals surface area (Å²) in [4.78, 5) is 10.9. The van der Waals surface area contributed by atoms with Crippen molar-refractivity contribution in [1.82, 2.24) is 0 Å². The first kappa shape index (κ1) is 7.16. The van der Waals surface area contributed by atoms with Crippen molar-refractivity contribution in [3.05, 3.63) is 33.9 Å². The van der Waals surface area contributed by atoms with Gasteiger partial charge >= 0.3 is 5.63 Å². The third-order valence-electron chi connectivity index (χ3n) is 1.87. The number of rotatable bonds is 0. The van der Waals surface area contributed by atoms with E-state index >= 15 is 0 Å². The minimum Gasteiger partial charge on any atom is -0.502 e. The van der Waals surface area contributed by atoms with Gasteiger partial charge in [-0.15, -0.1) is 0 Å². The topological polar surface area (TPSA) is 50.4 Å². The van der Waals surface area contributed by atoms with Crippen molar-refractivity contribution in [3.63, 3.8) is 0 Å². The van der Waals surface area contributed by atoms with E-state index in [0.29, 0.717) is 5.76 Å². The van der Waals surface area contributed by atoms with Crippen LogP contribution >= 0.6 is 0 Å². The maximum absolute atomic E-state index is 10.9. The minimum atomic E-state index is -0.649. The number of hydrogen-bond acceptors (Lipinski definition) is 3. The molecule has 3 nitrogen and oxygen atoms in total. The van der Waals surface area contributed by atoms with Gasteiger partial charge < -0.3 is 9.52 Å². The summed E-state index contributed by atoms with van der Waals surface area (Å²) in [6.07, 6.45) is 5.46. The standard InChI is InChI=1S/C9H8O3/c10-7-5-6-3-1-2-4-8(6)12-9(7)11/h1,3,5,10H,2,4H2. The molecule has 3 heteroatoms. The summed E-state index contributed by atoms with van der Waals surface area (Å²) in [6, 6.07) is 1.44. The molecule has 0 aromatic carbocycles. The van der Waals surface area contributed by atoms with Gasteiger partial charge in [0.15, 0.2) is 0 Å². The zero-order valence-electron chi connectivity index (χ0n) is 6.41. The maximum Gasteiger partial charge on any atom is 0.378 e. The Labute approximate surface area is 69.0 Å². The van der Waals surface area contributed by atoms with Gasteiger partial charge in [0, 0.05) is 12.0 Å². The molecule has 1 N–H and O–H groups in total. The Kier molecular flexibility index (Phi) is 1.50. The van der Waals surface area contributed by atoms with Gasteiger partial charge in [-0.1, -0.05) is 12.2 Å². The van der Waals surface area contributed by atoms with Crippen LogP contribution in [0, 0.1) is 0 Å². The highest BCUT2D eigenvalue weighted by Crippen LogP contribution is 2.19. The zero-order valence-corrected chi connectivity index (χ0v) is 6.41. The second kappa shape index (κ2) is 2.52. The number of hydrogen-bond donors (Lipinski definition) is 1. The van der Waals surface area contributed by atoms with Crippen LogP contribution in [0.25, 0.3) is 6.08 Å². The van der Waals surface area contributed by atoms with E-state index in [-0.39, 0.29) is 5.75 Å². The monoisotopic (exact) mass is 164 g/mol. The fraction of sp³-hybridized carbons (Fsp3) is 0.222. The normalized spacial score (nSPS) is 14.3. The highest BCUT2D eigenvalue weighted by atomic mass is 16.4. The first-order valence-corrected chi connectivity index (χ1v) is 3.80. The number of aryl methyl sites for hydroxylation is 1. The van der Waals surface area contributed by atoms with E-state index in [1.54, 1.807) is 0 Å². The van der Waals surface area contributed by atoms with E-state index in [1.165, 1.54) is 6.07 Å². The van der Waals surface area contributed by atoms with E-state index in [2.05, 4.69) is 0 Å². The third-order valence-corrected chi connectivity index (χ3v) is 1.87. The summed E-state index contributed by atoms with van der Waals surface area (Å²) in [6.45, 7) is 0. The molecule has 0 radical (unpaired) electrons.